The van der Waals surface area contributed by atoms with E-state index in [-0.39, 0.29) is 29.4 Å². The number of carbonyl (C=O) groups excluding carboxylic acids is 1. The number of halogens is 1. The lowest BCUT2D eigenvalue weighted by Crippen LogP contribution is -2.49. The number of amides is 1. The molecule has 166 valence electrons. The van der Waals surface area contributed by atoms with E-state index in [9.17, 15) is 9.59 Å². The van der Waals surface area contributed by atoms with Gasteiger partial charge in [0.1, 0.15) is 18.1 Å². The molecule has 1 aromatic heterocycles. The van der Waals surface area contributed by atoms with E-state index in [1.54, 1.807) is 24.1 Å². The van der Waals surface area contributed by atoms with Crippen molar-refractivity contribution in [3.8, 4) is 11.5 Å². The fraction of sp³-hybridized carbons (Fsp3) is 0.250. The fourth-order valence-corrected chi connectivity index (χ4v) is 3.69. The number of H-pyrrole nitrogens is 1. The van der Waals surface area contributed by atoms with Crippen molar-refractivity contribution < 1.29 is 14.3 Å². The number of hydrogen-bond acceptors (Lipinski definition) is 5. The first-order valence-corrected chi connectivity index (χ1v) is 10.7. The number of ether oxygens (including phenoxy) is 2. The maximum Gasteiger partial charge on any atom is 0.270 e. The minimum atomic E-state index is -0.335. The van der Waals surface area contributed by atoms with Gasteiger partial charge in [0.25, 0.3) is 5.91 Å². The lowest BCUT2D eigenvalue weighted by Gasteiger charge is -2.36. The lowest BCUT2D eigenvalue weighted by atomic mass is 10.2. The molecule has 2 aromatic carbocycles. The molecule has 4 rings (SSSR count). The highest BCUT2D eigenvalue weighted by atomic mass is 35.5. The third kappa shape index (κ3) is 5.06. The summed E-state index contributed by atoms with van der Waals surface area (Å²) in [5, 5.41) is 0.638. The number of anilines is 1. The molecule has 0 atom stereocenters. The number of methoxy groups -OCH3 is 1. The van der Waals surface area contributed by atoms with Crippen LogP contribution in [0.15, 0.2) is 65.6 Å². The van der Waals surface area contributed by atoms with Gasteiger partial charge in [0.15, 0.2) is 5.75 Å². The second-order valence-electron chi connectivity index (χ2n) is 7.47. The zero-order valence-corrected chi connectivity index (χ0v) is 18.5. The first-order valence-electron chi connectivity index (χ1n) is 10.3. The molecule has 0 radical (unpaired) electrons. The third-order valence-corrected chi connectivity index (χ3v) is 5.67. The van der Waals surface area contributed by atoms with Crippen LogP contribution in [0.2, 0.25) is 5.02 Å². The highest BCUT2D eigenvalue weighted by Crippen LogP contribution is 2.21. The van der Waals surface area contributed by atoms with Crippen molar-refractivity contribution in [2.24, 2.45) is 0 Å². The van der Waals surface area contributed by atoms with Crippen molar-refractivity contribution in [3.05, 3.63) is 87.3 Å². The van der Waals surface area contributed by atoms with E-state index in [1.165, 1.54) is 12.3 Å². The topological polar surface area (TPSA) is 74.9 Å². The van der Waals surface area contributed by atoms with Crippen molar-refractivity contribution in [1.29, 1.82) is 0 Å². The van der Waals surface area contributed by atoms with Crippen LogP contribution in [0.4, 0.5) is 5.69 Å². The van der Waals surface area contributed by atoms with Crippen LogP contribution in [-0.4, -0.2) is 49.1 Å². The number of aromatic amines is 1. The van der Waals surface area contributed by atoms with Crippen LogP contribution in [0, 0.1) is 0 Å². The Hall–Kier alpha value is -3.45. The number of nitrogens with zero attached hydrogens (tertiary/aromatic N) is 2. The number of pyridine rings is 1. The summed E-state index contributed by atoms with van der Waals surface area (Å²) in [6.45, 7) is 2.81. The first-order chi connectivity index (χ1) is 15.5. The van der Waals surface area contributed by atoms with E-state index in [0.29, 0.717) is 31.2 Å². The van der Waals surface area contributed by atoms with Crippen molar-refractivity contribution in [2.45, 2.75) is 6.61 Å². The van der Waals surface area contributed by atoms with Gasteiger partial charge in [-0.15, -0.1) is 0 Å². The van der Waals surface area contributed by atoms with E-state index in [1.807, 2.05) is 36.4 Å². The molecule has 1 saturated heterocycles. The Morgan fingerprint density at radius 1 is 1.03 bits per heavy atom. The molecule has 0 unspecified atom stereocenters. The van der Waals surface area contributed by atoms with Crippen molar-refractivity contribution in [2.75, 3.05) is 38.2 Å². The number of piperazine rings is 1. The van der Waals surface area contributed by atoms with Crippen molar-refractivity contribution in [3.63, 3.8) is 0 Å². The first kappa shape index (κ1) is 21.8. The summed E-state index contributed by atoms with van der Waals surface area (Å²) >= 11 is 5.88. The Kier molecular flexibility index (Phi) is 6.66. The summed E-state index contributed by atoms with van der Waals surface area (Å²) < 4.78 is 10.8. The number of carbonyl (C=O) groups is 1. The average Bonchev–Trinajstić information content (AvgIpc) is 2.84. The van der Waals surface area contributed by atoms with Gasteiger partial charge < -0.3 is 24.3 Å². The monoisotopic (exact) mass is 453 g/mol. The van der Waals surface area contributed by atoms with E-state index >= 15 is 0 Å². The summed E-state index contributed by atoms with van der Waals surface area (Å²) in [6.07, 6.45) is 1.44. The summed E-state index contributed by atoms with van der Waals surface area (Å²) in [7, 11) is 1.64. The Balaban J connectivity index is 1.34. The molecule has 0 bridgehead atoms. The lowest BCUT2D eigenvalue weighted by molar-refractivity contribution is 0.0740. The van der Waals surface area contributed by atoms with Crippen LogP contribution in [0.5, 0.6) is 11.5 Å². The van der Waals surface area contributed by atoms with Crippen LogP contribution in [0.3, 0.4) is 0 Å². The SMILES string of the molecule is COc1ccc(N2CCN(C(=O)c3cc(=O)c(OCc4ccc(Cl)cc4)c[nH]3)CC2)cc1. The van der Waals surface area contributed by atoms with E-state index in [2.05, 4.69) is 9.88 Å². The highest BCUT2D eigenvalue weighted by molar-refractivity contribution is 6.30. The van der Waals surface area contributed by atoms with Gasteiger partial charge in [-0.05, 0) is 42.0 Å². The number of benzene rings is 2. The van der Waals surface area contributed by atoms with Crippen molar-refractivity contribution >= 4 is 23.2 Å². The number of rotatable bonds is 6. The zero-order chi connectivity index (χ0) is 22.5. The molecule has 3 aromatic rings. The van der Waals surface area contributed by atoms with Gasteiger partial charge in [0.2, 0.25) is 5.43 Å². The number of nitrogens with one attached hydrogen (secondary N) is 1. The van der Waals surface area contributed by atoms with Crippen LogP contribution < -0.4 is 19.8 Å². The molecule has 1 fully saturated rings. The Morgan fingerprint density at radius 3 is 2.34 bits per heavy atom. The van der Waals surface area contributed by atoms with Gasteiger partial charge >= 0.3 is 0 Å². The Morgan fingerprint density at radius 2 is 1.72 bits per heavy atom. The third-order valence-electron chi connectivity index (χ3n) is 5.42. The van der Waals surface area contributed by atoms with Gasteiger partial charge in [0, 0.05) is 49.2 Å². The molecule has 8 heteroatoms. The molecule has 7 nitrogen and oxygen atoms in total. The minimum Gasteiger partial charge on any atom is -0.497 e. The second kappa shape index (κ2) is 9.78. The fourth-order valence-electron chi connectivity index (χ4n) is 3.57. The molecule has 0 aliphatic carbocycles. The molecule has 0 spiro atoms. The molecular formula is C24H24ClN3O4. The predicted octanol–water partition coefficient (Wildman–Crippen LogP) is 3.58. The molecular weight excluding hydrogens is 430 g/mol. The summed E-state index contributed by atoms with van der Waals surface area (Å²) in [6, 6.07) is 16.4. The molecule has 1 amide bonds. The van der Waals surface area contributed by atoms with Crippen LogP contribution >= 0.6 is 11.6 Å². The van der Waals surface area contributed by atoms with Gasteiger partial charge in [-0.3, -0.25) is 9.59 Å². The second-order valence-corrected chi connectivity index (χ2v) is 7.90. The standard InChI is InChI=1S/C24H24ClN3O4/c1-31-20-8-6-19(7-9-20)27-10-12-28(13-11-27)24(30)21-14-22(29)23(15-26-21)32-16-17-2-4-18(25)5-3-17/h2-9,14-15H,10-13,16H2,1H3,(H,26,29). The highest BCUT2D eigenvalue weighted by Gasteiger charge is 2.23. The maximum absolute atomic E-state index is 12.9. The smallest absolute Gasteiger partial charge is 0.270 e. The average molecular weight is 454 g/mol. The number of aromatic nitrogens is 1. The van der Waals surface area contributed by atoms with Crippen molar-refractivity contribution in [1.82, 2.24) is 9.88 Å². The van der Waals surface area contributed by atoms with Crippen LogP contribution in [-0.2, 0) is 6.61 Å². The van der Waals surface area contributed by atoms with E-state index in [0.717, 1.165) is 17.0 Å². The summed E-state index contributed by atoms with van der Waals surface area (Å²) in [4.78, 5) is 32.2. The molecule has 1 aliphatic heterocycles. The molecule has 0 saturated carbocycles. The minimum absolute atomic E-state index is 0.167. The van der Waals surface area contributed by atoms with E-state index in [4.69, 9.17) is 21.1 Å². The number of hydrogen-bond donors (Lipinski definition) is 1. The van der Waals surface area contributed by atoms with Crippen LogP contribution in [0.25, 0.3) is 0 Å². The molecule has 1 aliphatic rings. The largest absolute Gasteiger partial charge is 0.497 e. The van der Waals surface area contributed by atoms with Gasteiger partial charge in [0.05, 0.1) is 7.11 Å². The van der Waals surface area contributed by atoms with Crippen LogP contribution in [0.1, 0.15) is 16.1 Å². The zero-order valence-electron chi connectivity index (χ0n) is 17.7. The van der Waals surface area contributed by atoms with E-state index < -0.39 is 0 Å². The predicted molar refractivity (Wildman–Crippen MR) is 124 cm³/mol. The molecule has 2 heterocycles. The van der Waals surface area contributed by atoms with Gasteiger partial charge in [-0.25, -0.2) is 0 Å². The quantitative estimate of drug-likeness (QED) is 0.617. The Bertz CT molecular complexity index is 1120. The normalized spacial score (nSPS) is 13.7. The van der Waals surface area contributed by atoms with Gasteiger partial charge in [-0.2, -0.15) is 0 Å². The molecule has 32 heavy (non-hydrogen) atoms. The summed E-state index contributed by atoms with van der Waals surface area (Å²) in [5.41, 5.74) is 1.90. The Labute approximate surface area is 191 Å². The maximum atomic E-state index is 12.9. The van der Waals surface area contributed by atoms with Gasteiger partial charge in [-0.1, -0.05) is 23.7 Å². The summed E-state index contributed by atoms with van der Waals surface area (Å²) in [5.74, 6) is 0.786. The molecule has 1 N–H and O–H groups in total.